The van der Waals surface area contributed by atoms with Crippen molar-refractivity contribution in [3.63, 3.8) is 0 Å². The van der Waals surface area contributed by atoms with Gasteiger partial charge in [0, 0.05) is 11.9 Å². The average molecular weight is 151 g/mol. The van der Waals surface area contributed by atoms with Crippen LogP contribution in [-0.2, 0) is 6.61 Å². The molecule has 11 heavy (non-hydrogen) atoms. The highest BCUT2D eigenvalue weighted by Gasteiger charge is 2.04. The highest BCUT2D eigenvalue weighted by Crippen LogP contribution is 2.15. The van der Waals surface area contributed by atoms with Crippen molar-refractivity contribution in [2.75, 3.05) is 0 Å². The molecule has 0 aliphatic heterocycles. The van der Waals surface area contributed by atoms with E-state index in [0.29, 0.717) is 5.92 Å². The zero-order valence-electron chi connectivity index (χ0n) is 6.91. The van der Waals surface area contributed by atoms with Crippen LogP contribution in [0.25, 0.3) is 0 Å². The van der Waals surface area contributed by atoms with E-state index < -0.39 is 0 Å². The number of hydrogen-bond donors (Lipinski definition) is 1. The smallest absolute Gasteiger partial charge is 0.0699 e. The fourth-order valence-electron chi connectivity index (χ4n) is 1.10. The third-order valence-corrected chi connectivity index (χ3v) is 1.64. The first-order valence-electron chi connectivity index (χ1n) is 3.80. The second kappa shape index (κ2) is 3.49. The van der Waals surface area contributed by atoms with Gasteiger partial charge in [-0.2, -0.15) is 0 Å². The first-order chi connectivity index (χ1) is 5.25. The molecular formula is C9H13NO. The van der Waals surface area contributed by atoms with E-state index in [1.165, 1.54) is 0 Å². The predicted octanol–water partition coefficient (Wildman–Crippen LogP) is 1.70. The number of hydrogen-bond acceptors (Lipinski definition) is 2. The van der Waals surface area contributed by atoms with Gasteiger partial charge in [-0.3, -0.25) is 4.98 Å². The van der Waals surface area contributed by atoms with E-state index in [2.05, 4.69) is 18.8 Å². The van der Waals surface area contributed by atoms with Crippen molar-refractivity contribution in [2.45, 2.75) is 26.4 Å². The molecule has 1 heterocycles. The van der Waals surface area contributed by atoms with Crippen molar-refractivity contribution < 1.29 is 5.11 Å². The maximum absolute atomic E-state index is 8.93. The summed E-state index contributed by atoms with van der Waals surface area (Å²) in [6, 6.07) is 3.75. The molecule has 1 N–H and O–H groups in total. The van der Waals surface area contributed by atoms with Crippen LogP contribution in [-0.4, -0.2) is 10.1 Å². The van der Waals surface area contributed by atoms with Gasteiger partial charge in [0.2, 0.25) is 0 Å². The molecule has 0 saturated carbocycles. The molecule has 0 fully saturated rings. The van der Waals surface area contributed by atoms with Crippen molar-refractivity contribution in [3.8, 4) is 0 Å². The third-order valence-electron chi connectivity index (χ3n) is 1.64. The largest absolute Gasteiger partial charge is 0.392 e. The Morgan fingerprint density at radius 2 is 2.27 bits per heavy atom. The Kier molecular flexibility index (Phi) is 2.60. The standard InChI is InChI=1S/C9H13NO/c1-7(2)9-8(6-11)4-3-5-10-9/h3-5,7,11H,6H2,1-2H3. The Morgan fingerprint density at radius 3 is 2.73 bits per heavy atom. The van der Waals surface area contributed by atoms with Gasteiger partial charge in [-0.05, 0) is 17.5 Å². The van der Waals surface area contributed by atoms with E-state index in [0.717, 1.165) is 11.3 Å². The van der Waals surface area contributed by atoms with Crippen LogP contribution in [0.2, 0.25) is 0 Å². The van der Waals surface area contributed by atoms with Gasteiger partial charge in [0.05, 0.1) is 6.61 Å². The van der Waals surface area contributed by atoms with Gasteiger partial charge < -0.3 is 5.11 Å². The highest BCUT2D eigenvalue weighted by atomic mass is 16.3. The summed E-state index contributed by atoms with van der Waals surface area (Å²) >= 11 is 0. The fourth-order valence-corrected chi connectivity index (χ4v) is 1.10. The molecule has 0 bridgehead atoms. The van der Waals surface area contributed by atoms with Gasteiger partial charge in [0.1, 0.15) is 0 Å². The number of rotatable bonds is 2. The van der Waals surface area contributed by atoms with Crippen molar-refractivity contribution >= 4 is 0 Å². The van der Waals surface area contributed by atoms with Crippen molar-refractivity contribution in [3.05, 3.63) is 29.6 Å². The third kappa shape index (κ3) is 1.77. The minimum Gasteiger partial charge on any atom is -0.392 e. The fraction of sp³-hybridized carbons (Fsp3) is 0.444. The first kappa shape index (κ1) is 8.21. The molecule has 0 unspecified atom stereocenters. The Hall–Kier alpha value is -0.890. The lowest BCUT2D eigenvalue weighted by Gasteiger charge is -2.07. The molecular weight excluding hydrogens is 138 g/mol. The van der Waals surface area contributed by atoms with E-state index in [1.54, 1.807) is 6.20 Å². The molecule has 60 valence electrons. The van der Waals surface area contributed by atoms with Gasteiger partial charge in [0.25, 0.3) is 0 Å². The molecule has 0 aliphatic rings. The van der Waals surface area contributed by atoms with Gasteiger partial charge in [0.15, 0.2) is 0 Å². The minimum atomic E-state index is 0.0847. The summed E-state index contributed by atoms with van der Waals surface area (Å²) in [6.07, 6.45) is 1.76. The molecule has 0 spiro atoms. The Balaban J connectivity index is 3.02. The average Bonchev–Trinajstić information content (AvgIpc) is 2.04. The van der Waals surface area contributed by atoms with E-state index >= 15 is 0 Å². The van der Waals surface area contributed by atoms with Crippen molar-refractivity contribution in [1.29, 1.82) is 0 Å². The molecule has 1 rings (SSSR count). The topological polar surface area (TPSA) is 33.1 Å². The Bertz CT molecular complexity index is 233. The summed E-state index contributed by atoms with van der Waals surface area (Å²) in [4.78, 5) is 4.19. The predicted molar refractivity (Wildman–Crippen MR) is 44.2 cm³/mol. The first-order valence-corrected chi connectivity index (χ1v) is 3.80. The summed E-state index contributed by atoms with van der Waals surface area (Å²) in [6.45, 7) is 4.23. The molecule has 0 aliphatic carbocycles. The van der Waals surface area contributed by atoms with E-state index in [-0.39, 0.29) is 6.61 Å². The quantitative estimate of drug-likeness (QED) is 0.697. The molecule has 0 radical (unpaired) electrons. The highest BCUT2D eigenvalue weighted by molar-refractivity contribution is 5.21. The molecule has 0 aromatic carbocycles. The van der Waals surface area contributed by atoms with Crippen LogP contribution in [0.4, 0.5) is 0 Å². The van der Waals surface area contributed by atoms with Crippen LogP contribution in [0.3, 0.4) is 0 Å². The monoisotopic (exact) mass is 151 g/mol. The molecule has 2 heteroatoms. The van der Waals surface area contributed by atoms with Crippen LogP contribution in [0.1, 0.15) is 31.0 Å². The number of aliphatic hydroxyl groups excluding tert-OH is 1. The lowest BCUT2D eigenvalue weighted by atomic mass is 10.0. The normalized spacial score (nSPS) is 10.5. The second-order valence-electron chi connectivity index (χ2n) is 2.86. The summed E-state index contributed by atoms with van der Waals surface area (Å²) in [5, 5.41) is 8.93. The minimum absolute atomic E-state index is 0.0847. The Morgan fingerprint density at radius 1 is 1.55 bits per heavy atom. The molecule has 1 aromatic rings. The summed E-state index contributed by atoms with van der Waals surface area (Å²) in [7, 11) is 0. The number of aliphatic hydroxyl groups is 1. The zero-order valence-corrected chi connectivity index (χ0v) is 6.91. The molecule has 0 atom stereocenters. The van der Waals surface area contributed by atoms with Crippen LogP contribution < -0.4 is 0 Å². The zero-order chi connectivity index (χ0) is 8.27. The molecule has 2 nitrogen and oxygen atoms in total. The Labute approximate surface area is 66.9 Å². The summed E-state index contributed by atoms with van der Waals surface area (Å²) in [5.74, 6) is 0.387. The van der Waals surface area contributed by atoms with Gasteiger partial charge in [-0.1, -0.05) is 19.9 Å². The summed E-state index contributed by atoms with van der Waals surface area (Å²) < 4.78 is 0. The van der Waals surface area contributed by atoms with Gasteiger partial charge in [-0.25, -0.2) is 0 Å². The van der Waals surface area contributed by atoms with Crippen LogP contribution in [0, 0.1) is 0 Å². The van der Waals surface area contributed by atoms with Crippen LogP contribution in [0.5, 0.6) is 0 Å². The SMILES string of the molecule is CC(C)c1ncccc1CO. The number of pyridine rings is 1. The van der Waals surface area contributed by atoms with Gasteiger partial charge >= 0.3 is 0 Å². The van der Waals surface area contributed by atoms with E-state index in [4.69, 9.17) is 5.11 Å². The van der Waals surface area contributed by atoms with E-state index in [1.807, 2.05) is 12.1 Å². The maximum Gasteiger partial charge on any atom is 0.0699 e. The molecule has 1 aromatic heterocycles. The van der Waals surface area contributed by atoms with E-state index in [9.17, 15) is 0 Å². The van der Waals surface area contributed by atoms with Crippen LogP contribution >= 0.6 is 0 Å². The van der Waals surface area contributed by atoms with Crippen molar-refractivity contribution in [2.24, 2.45) is 0 Å². The number of aromatic nitrogens is 1. The lowest BCUT2D eigenvalue weighted by Crippen LogP contribution is -1.98. The van der Waals surface area contributed by atoms with Gasteiger partial charge in [-0.15, -0.1) is 0 Å². The van der Waals surface area contributed by atoms with Crippen molar-refractivity contribution in [1.82, 2.24) is 4.98 Å². The molecule has 0 saturated heterocycles. The second-order valence-corrected chi connectivity index (χ2v) is 2.86. The van der Waals surface area contributed by atoms with Crippen LogP contribution in [0.15, 0.2) is 18.3 Å². The lowest BCUT2D eigenvalue weighted by molar-refractivity contribution is 0.279. The maximum atomic E-state index is 8.93. The molecule has 0 amide bonds. The summed E-state index contributed by atoms with van der Waals surface area (Å²) in [5.41, 5.74) is 1.93. The number of nitrogens with zero attached hydrogens (tertiary/aromatic N) is 1.